The lowest BCUT2D eigenvalue weighted by molar-refractivity contribution is -0.122. The molecule has 0 radical (unpaired) electrons. The molecule has 1 saturated carbocycles. The number of nitrogens with zero attached hydrogens (tertiary/aromatic N) is 2. The molecule has 1 aromatic carbocycles. The maximum atomic E-state index is 13.1. The molecule has 3 N–H and O–H groups in total. The number of carbonyl (C=O) groups excluding carboxylic acids is 2. The number of benzene rings is 1. The van der Waals surface area contributed by atoms with Gasteiger partial charge in [0.1, 0.15) is 12.2 Å². The molecule has 1 aliphatic carbocycles. The van der Waals surface area contributed by atoms with E-state index in [0.717, 1.165) is 34.1 Å². The first-order chi connectivity index (χ1) is 15.5. The Morgan fingerprint density at radius 1 is 1.28 bits per heavy atom. The molecule has 0 unspecified atom stereocenters. The summed E-state index contributed by atoms with van der Waals surface area (Å²) in [6, 6.07) is 7.74. The number of H-pyrrole nitrogens is 1. The summed E-state index contributed by atoms with van der Waals surface area (Å²) in [7, 11) is 0. The van der Waals surface area contributed by atoms with Gasteiger partial charge in [0.2, 0.25) is 11.8 Å². The lowest BCUT2D eigenvalue weighted by Gasteiger charge is -2.32. The van der Waals surface area contributed by atoms with E-state index < -0.39 is 0 Å². The summed E-state index contributed by atoms with van der Waals surface area (Å²) < 4.78 is 1.43. The van der Waals surface area contributed by atoms with Gasteiger partial charge in [-0.15, -0.1) is 0 Å². The van der Waals surface area contributed by atoms with Gasteiger partial charge in [-0.1, -0.05) is 25.3 Å². The molecule has 1 aliphatic heterocycles. The molecule has 1 atom stereocenters. The number of aromatic nitrogens is 3. The number of hydrogen-bond donors (Lipinski definition) is 3. The third-order valence-electron chi connectivity index (χ3n) is 6.81. The van der Waals surface area contributed by atoms with E-state index in [4.69, 9.17) is 0 Å². The Labute approximate surface area is 189 Å². The van der Waals surface area contributed by atoms with Crippen LogP contribution >= 0.6 is 0 Å². The first kappa shape index (κ1) is 20.5. The van der Waals surface area contributed by atoms with Crippen LogP contribution in [0, 0.1) is 18.8 Å². The molecule has 2 aromatic heterocycles. The van der Waals surface area contributed by atoms with Crippen molar-refractivity contribution in [3.05, 3.63) is 57.6 Å². The standard InChI is InChI=1S/C24H27N5O3.3H2/c1-14-7-17-10-18(8-15-3-2-4-15)23(31)27-22(17)24(32)29(14)13-21(30)25-11-16-5-6-20-19(9-16)12-26-28-20;;;/h5-7,9,12,15,18H,2-4,8,10-11,13H2,1H3,(H,25,30)(H,26,28)(H,27,31);3*1H/t18-;;;/m1.../s1. The van der Waals surface area contributed by atoms with E-state index in [2.05, 4.69) is 20.8 Å². The van der Waals surface area contributed by atoms with E-state index in [1.807, 2.05) is 31.2 Å². The summed E-state index contributed by atoms with van der Waals surface area (Å²) >= 11 is 0. The van der Waals surface area contributed by atoms with Gasteiger partial charge in [0.15, 0.2) is 0 Å². The van der Waals surface area contributed by atoms with Crippen molar-refractivity contribution in [3.8, 4) is 0 Å². The molecule has 2 aliphatic rings. The van der Waals surface area contributed by atoms with Gasteiger partial charge < -0.3 is 15.2 Å². The highest BCUT2D eigenvalue weighted by Crippen LogP contribution is 2.35. The average molecular weight is 440 g/mol. The van der Waals surface area contributed by atoms with Crippen molar-refractivity contribution < 1.29 is 13.9 Å². The topological polar surface area (TPSA) is 109 Å². The van der Waals surface area contributed by atoms with Crippen molar-refractivity contribution >= 4 is 28.4 Å². The number of aryl methyl sites for hydroxylation is 1. The fraction of sp³-hybridized carbons (Fsp3) is 0.417. The molecule has 5 rings (SSSR count). The van der Waals surface area contributed by atoms with Crippen molar-refractivity contribution in [1.29, 1.82) is 0 Å². The van der Waals surface area contributed by atoms with Gasteiger partial charge in [-0.3, -0.25) is 19.5 Å². The molecule has 1 fully saturated rings. The molecule has 0 saturated heterocycles. The molecule has 3 heterocycles. The van der Waals surface area contributed by atoms with Crippen LogP contribution in [0.5, 0.6) is 0 Å². The number of rotatable bonds is 6. The zero-order valence-corrected chi connectivity index (χ0v) is 18.1. The van der Waals surface area contributed by atoms with Gasteiger partial charge >= 0.3 is 0 Å². The molecule has 8 nitrogen and oxygen atoms in total. The van der Waals surface area contributed by atoms with Crippen LogP contribution in [0.1, 0.15) is 46.8 Å². The summed E-state index contributed by atoms with van der Waals surface area (Å²) in [5.74, 6) is 0.230. The first-order valence-electron chi connectivity index (χ1n) is 11.2. The number of nitrogens with one attached hydrogen (secondary N) is 3. The van der Waals surface area contributed by atoms with Gasteiger partial charge in [-0.2, -0.15) is 5.10 Å². The van der Waals surface area contributed by atoms with Gasteiger partial charge in [-0.25, -0.2) is 0 Å². The normalized spacial score (nSPS) is 18.2. The third kappa shape index (κ3) is 3.92. The number of pyridine rings is 1. The smallest absolute Gasteiger partial charge is 0.275 e. The van der Waals surface area contributed by atoms with Crippen LogP contribution in [0.25, 0.3) is 10.9 Å². The van der Waals surface area contributed by atoms with Gasteiger partial charge in [0, 0.05) is 27.8 Å². The number of hydrogen-bond acceptors (Lipinski definition) is 4. The predicted octanol–water partition coefficient (Wildman–Crippen LogP) is 3.39. The van der Waals surface area contributed by atoms with Crippen LogP contribution in [-0.2, 0) is 29.1 Å². The van der Waals surface area contributed by atoms with Crippen LogP contribution in [0.2, 0.25) is 0 Å². The monoisotopic (exact) mass is 439 g/mol. The zero-order chi connectivity index (χ0) is 22.2. The summed E-state index contributed by atoms with van der Waals surface area (Å²) in [5, 5.41) is 13.6. The molecule has 0 spiro atoms. The Morgan fingerprint density at radius 3 is 2.91 bits per heavy atom. The van der Waals surface area contributed by atoms with E-state index in [-0.39, 0.29) is 34.1 Å². The molecule has 2 amide bonds. The van der Waals surface area contributed by atoms with E-state index >= 15 is 0 Å². The lowest BCUT2D eigenvalue weighted by Crippen LogP contribution is -2.39. The molecule has 172 valence electrons. The minimum Gasteiger partial charge on any atom is -0.350 e. The highest BCUT2D eigenvalue weighted by molar-refractivity contribution is 5.95. The highest BCUT2D eigenvalue weighted by Gasteiger charge is 2.32. The largest absolute Gasteiger partial charge is 0.350 e. The van der Waals surface area contributed by atoms with Crippen molar-refractivity contribution in [3.63, 3.8) is 0 Å². The second-order valence-electron chi connectivity index (χ2n) is 9.07. The van der Waals surface area contributed by atoms with Crippen molar-refractivity contribution in [1.82, 2.24) is 20.1 Å². The van der Waals surface area contributed by atoms with E-state index in [1.54, 1.807) is 6.20 Å². The maximum Gasteiger partial charge on any atom is 0.275 e. The third-order valence-corrected chi connectivity index (χ3v) is 6.81. The molecular weight excluding hydrogens is 406 g/mol. The number of amides is 2. The lowest BCUT2D eigenvalue weighted by atomic mass is 9.76. The second kappa shape index (κ2) is 8.26. The van der Waals surface area contributed by atoms with Crippen LogP contribution in [0.15, 0.2) is 35.3 Å². The van der Waals surface area contributed by atoms with E-state index in [9.17, 15) is 14.4 Å². The van der Waals surface area contributed by atoms with Gasteiger partial charge in [0.05, 0.1) is 11.7 Å². The molecule has 8 heteroatoms. The maximum absolute atomic E-state index is 13.1. The Bertz CT molecular complexity index is 1270. The fourth-order valence-corrected chi connectivity index (χ4v) is 4.73. The van der Waals surface area contributed by atoms with Crippen LogP contribution in [-0.4, -0.2) is 26.6 Å². The fourth-order valence-electron chi connectivity index (χ4n) is 4.73. The van der Waals surface area contributed by atoms with Crippen molar-refractivity contribution in [2.24, 2.45) is 11.8 Å². The van der Waals surface area contributed by atoms with Crippen molar-refractivity contribution in [2.45, 2.75) is 52.1 Å². The Morgan fingerprint density at radius 2 is 2.12 bits per heavy atom. The minimum absolute atomic E-state index is 0. The Kier molecular flexibility index (Phi) is 5.28. The van der Waals surface area contributed by atoms with Crippen molar-refractivity contribution in [2.75, 3.05) is 5.32 Å². The quantitative estimate of drug-likeness (QED) is 0.547. The summed E-state index contributed by atoms with van der Waals surface area (Å²) in [6.45, 7) is 2.10. The Hall–Kier alpha value is -3.42. The average Bonchev–Trinajstić information content (AvgIpc) is 3.21. The predicted molar refractivity (Wildman–Crippen MR) is 128 cm³/mol. The SMILES string of the molecule is Cc1cc2c(c(=O)n1CC(=O)NCc1ccc3[nH]ncc3c1)NC(=O)[C@H](CC1CCC1)C2.[HH].[HH].[HH]. The molecular formula is C24H33N5O3. The first-order valence-corrected chi connectivity index (χ1v) is 11.2. The van der Waals surface area contributed by atoms with E-state index in [0.29, 0.717) is 24.6 Å². The number of anilines is 1. The Balaban J connectivity index is 0.00000144. The number of fused-ring (bicyclic) bond motifs is 2. The second-order valence-corrected chi connectivity index (χ2v) is 9.07. The molecule has 32 heavy (non-hydrogen) atoms. The number of carbonyl (C=O) groups is 2. The van der Waals surface area contributed by atoms with Gasteiger partial charge in [0.25, 0.3) is 5.56 Å². The van der Waals surface area contributed by atoms with Crippen LogP contribution < -0.4 is 16.2 Å². The highest BCUT2D eigenvalue weighted by atomic mass is 16.2. The van der Waals surface area contributed by atoms with E-state index in [1.165, 1.54) is 23.8 Å². The van der Waals surface area contributed by atoms with Crippen LogP contribution in [0.3, 0.4) is 0 Å². The molecule has 3 aromatic rings. The summed E-state index contributed by atoms with van der Waals surface area (Å²) in [5.41, 5.74) is 3.50. The minimum atomic E-state index is -0.314. The summed E-state index contributed by atoms with van der Waals surface area (Å²) in [4.78, 5) is 38.2. The van der Waals surface area contributed by atoms with Gasteiger partial charge in [-0.05, 0) is 55.0 Å². The molecule has 0 bridgehead atoms. The van der Waals surface area contributed by atoms with Crippen LogP contribution in [0.4, 0.5) is 5.69 Å². The summed E-state index contributed by atoms with van der Waals surface area (Å²) in [6.07, 6.45) is 6.86. The zero-order valence-electron chi connectivity index (χ0n) is 18.1. The number of aromatic amines is 1.